The van der Waals surface area contributed by atoms with Crippen molar-refractivity contribution in [1.82, 2.24) is 9.62 Å². The van der Waals surface area contributed by atoms with Crippen molar-refractivity contribution in [1.29, 1.82) is 0 Å². The van der Waals surface area contributed by atoms with Crippen LogP contribution >= 0.6 is 0 Å². The van der Waals surface area contributed by atoms with Gasteiger partial charge in [-0.05, 0) is 43.4 Å². The number of nitrogens with two attached hydrogens (primary N) is 1. The summed E-state index contributed by atoms with van der Waals surface area (Å²) in [4.78, 5) is 12.7. The van der Waals surface area contributed by atoms with E-state index in [4.69, 9.17) is 10.5 Å². The van der Waals surface area contributed by atoms with Crippen molar-refractivity contribution in [3.8, 4) is 0 Å². The van der Waals surface area contributed by atoms with Gasteiger partial charge >= 0.3 is 0 Å². The summed E-state index contributed by atoms with van der Waals surface area (Å²) >= 11 is 0. The Morgan fingerprint density at radius 3 is 2.64 bits per heavy atom. The molecule has 138 valence electrons. The minimum atomic E-state index is -3.64. The van der Waals surface area contributed by atoms with Gasteiger partial charge < -0.3 is 15.8 Å². The topological polar surface area (TPSA) is 102 Å². The van der Waals surface area contributed by atoms with E-state index in [9.17, 15) is 13.2 Å². The molecule has 8 heteroatoms. The molecule has 2 fully saturated rings. The maximum absolute atomic E-state index is 12.9. The van der Waals surface area contributed by atoms with Gasteiger partial charge in [0.2, 0.25) is 10.0 Å². The van der Waals surface area contributed by atoms with Gasteiger partial charge in [-0.25, -0.2) is 8.42 Å². The smallest absolute Gasteiger partial charge is 0.251 e. The fourth-order valence-electron chi connectivity index (χ4n) is 3.06. The van der Waals surface area contributed by atoms with Crippen LogP contribution in [0.3, 0.4) is 0 Å². The maximum atomic E-state index is 12.9. The number of ether oxygens (including phenoxy) is 1. The summed E-state index contributed by atoms with van der Waals surface area (Å²) in [6, 6.07) is 4.75. The molecule has 1 amide bonds. The molecule has 0 radical (unpaired) electrons. The second-order valence-electron chi connectivity index (χ2n) is 6.65. The lowest BCUT2D eigenvalue weighted by Gasteiger charge is -2.27. The number of benzene rings is 1. The fraction of sp³-hybridized carbons (Fsp3) is 0.588. The first-order valence-electron chi connectivity index (χ1n) is 8.63. The van der Waals surface area contributed by atoms with E-state index < -0.39 is 10.0 Å². The molecule has 1 aromatic rings. The summed E-state index contributed by atoms with van der Waals surface area (Å²) in [7, 11) is -3.64. The number of carbonyl (C=O) groups excluding carboxylic acids is 1. The Balaban J connectivity index is 1.83. The van der Waals surface area contributed by atoms with Crippen LogP contribution < -0.4 is 11.1 Å². The van der Waals surface area contributed by atoms with Crippen molar-refractivity contribution in [2.75, 3.05) is 32.8 Å². The van der Waals surface area contributed by atoms with Gasteiger partial charge in [0, 0.05) is 31.2 Å². The Morgan fingerprint density at radius 2 is 2.04 bits per heavy atom. The highest BCUT2D eigenvalue weighted by atomic mass is 32.2. The Labute approximate surface area is 148 Å². The van der Waals surface area contributed by atoms with Gasteiger partial charge in [0.15, 0.2) is 0 Å². The van der Waals surface area contributed by atoms with E-state index in [-0.39, 0.29) is 16.8 Å². The van der Waals surface area contributed by atoms with Crippen molar-refractivity contribution in [2.45, 2.75) is 30.7 Å². The Bertz CT molecular complexity index is 740. The van der Waals surface area contributed by atoms with Gasteiger partial charge in [-0.1, -0.05) is 6.07 Å². The summed E-state index contributed by atoms with van der Waals surface area (Å²) in [5.41, 5.74) is 6.70. The SMILES string of the molecule is Cc1ccc(C(=O)NC(CN)C2CC2)cc1S(=O)(=O)N1CCOCC1. The van der Waals surface area contributed by atoms with E-state index in [1.54, 1.807) is 19.1 Å². The molecule has 7 nitrogen and oxygen atoms in total. The molecule has 1 atom stereocenters. The van der Waals surface area contributed by atoms with Gasteiger partial charge in [0.1, 0.15) is 0 Å². The van der Waals surface area contributed by atoms with Crippen molar-refractivity contribution < 1.29 is 17.9 Å². The van der Waals surface area contributed by atoms with Crippen LogP contribution in [0.25, 0.3) is 0 Å². The number of aryl methyl sites for hydroxylation is 1. The number of amides is 1. The normalized spacial score (nSPS) is 20.2. The molecule has 1 heterocycles. The predicted molar refractivity (Wildman–Crippen MR) is 93.8 cm³/mol. The highest BCUT2D eigenvalue weighted by Gasteiger charge is 2.32. The summed E-state index contributed by atoms with van der Waals surface area (Å²) < 4.78 is 32.4. The van der Waals surface area contributed by atoms with Crippen LogP contribution in [-0.2, 0) is 14.8 Å². The molecule has 1 aliphatic heterocycles. The van der Waals surface area contributed by atoms with Crippen molar-refractivity contribution in [3.63, 3.8) is 0 Å². The van der Waals surface area contributed by atoms with E-state index in [0.29, 0.717) is 49.9 Å². The second kappa shape index (κ2) is 7.41. The molecule has 1 aromatic carbocycles. The average molecular weight is 367 g/mol. The van der Waals surface area contributed by atoms with Crippen molar-refractivity contribution >= 4 is 15.9 Å². The van der Waals surface area contributed by atoms with Crippen LogP contribution in [0.5, 0.6) is 0 Å². The van der Waals surface area contributed by atoms with Gasteiger partial charge in [-0.15, -0.1) is 0 Å². The third-order valence-corrected chi connectivity index (χ3v) is 6.84. The third-order valence-electron chi connectivity index (χ3n) is 4.80. The Kier molecular flexibility index (Phi) is 5.43. The molecule has 2 aliphatic rings. The summed E-state index contributed by atoms with van der Waals surface area (Å²) in [6.45, 7) is 3.56. The van der Waals surface area contributed by atoms with Crippen molar-refractivity contribution in [3.05, 3.63) is 29.3 Å². The fourth-order valence-corrected chi connectivity index (χ4v) is 4.72. The van der Waals surface area contributed by atoms with Gasteiger partial charge in [-0.3, -0.25) is 4.79 Å². The zero-order chi connectivity index (χ0) is 18.0. The zero-order valence-electron chi connectivity index (χ0n) is 14.4. The number of carbonyl (C=O) groups is 1. The molecule has 1 saturated heterocycles. The first-order valence-corrected chi connectivity index (χ1v) is 10.1. The lowest BCUT2D eigenvalue weighted by Crippen LogP contribution is -2.42. The van der Waals surface area contributed by atoms with Crippen molar-refractivity contribution in [2.24, 2.45) is 11.7 Å². The molecule has 0 bridgehead atoms. The lowest BCUT2D eigenvalue weighted by atomic mass is 10.1. The molecule has 1 saturated carbocycles. The molecular formula is C17H25N3O4S. The molecule has 1 aliphatic carbocycles. The number of sulfonamides is 1. The lowest BCUT2D eigenvalue weighted by molar-refractivity contribution is 0.0730. The van der Waals surface area contributed by atoms with E-state index in [1.165, 1.54) is 10.4 Å². The largest absolute Gasteiger partial charge is 0.379 e. The number of hydrogen-bond acceptors (Lipinski definition) is 5. The molecule has 0 spiro atoms. The predicted octanol–water partition coefficient (Wildman–Crippen LogP) is 0.483. The molecule has 1 unspecified atom stereocenters. The average Bonchev–Trinajstić information content (AvgIpc) is 3.45. The second-order valence-corrected chi connectivity index (χ2v) is 8.56. The number of nitrogens with zero attached hydrogens (tertiary/aromatic N) is 1. The number of morpholine rings is 1. The molecule has 3 rings (SSSR count). The van der Waals surface area contributed by atoms with E-state index >= 15 is 0 Å². The third kappa shape index (κ3) is 4.03. The molecular weight excluding hydrogens is 342 g/mol. The first-order chi connectivity index (χ1) is 11.9. The van der Waals surface area contributed by atoms with E-state index in [1.807, 2.05) is 0 Å². The summed E-state index contributed by atoms with van der Waals surface area (Å²) in [5, 5.41) is 2.93. The maximum Gasteiger partial charge on any atom is 0.251 e. The monoisotopic (exact) mass is 367 g/mol. The summed E-state index contributed by atoms with van der Waals surface area (Å²) in [5.74, 6) is 0.164. The summed E-state index contributed by atoms with van der Waals surface area (Å²) in [6.07, 6.45) is 2.15. The number of nitrogens with one attached hydrogen (secondary N) is 1. The van der Waals surface area contributed by atoms with E-state index in [2.05, 4.69) is 5.32 Å². The zero-order valence-corrected chi connectivity index (χ0v) is 15.2. The van der Waals surface area contributed by atoms with Crippen LogP contribution in [-0.4, -0.2) is 57.5 Å². The highest BCUT2D eigenvalue weighted by molar-refractivity contribution is 7.89. The van der Waals surface area contributed by atoms with Crippen LogP contribution in [0.2, 0.25) is 0 Å². The Morgan fingerprint density at radius 1 is 1.36 bits per heavy atom. The van der Waals surface area contributed by atoms with Gasteiger partial charge in [-0.2, -0.15) is 4.31 Å². The highest BCUT2D eigenvalue weighted by Crippen LogP contribution is 2.32. The Hall–Kier alpha value is -1.48. The van der Waals surface area contributed by atoms with Crippen LogP contribution in [0, 0.1) is 12.8 Å². The minimum absolute atomic E-state index is 0.0481. The van der Waals surface area contributed by atoms with Crippen LogP contribution in [0.15, 0.2) is 23.1 Å². The van der Waals surface area contributed by atoms with E-state index in [0.717, 1.165) is 12.8 Å². The van der Waals surface area contributed by atoms with Gasteiger partial charge in [0.25, 0.3) is 5.91 Å². The molecule has 0 aromatic heterocycles. The number of hydrogen-bond donors (Lipinski definition) is 2. The number of rotatable bonds is 6. The quantitative estimate of drug-likeness (QED) is 0.762. The van der Waals surface area contributed by atoms with Gasteiger partial charge in [0.05, 0.1) is 18.1 Å². The minimum Gasteiger partial charge on any atom is -0.379 e. The first kappa shape index (κ1) is 18.3. The standard InChI is InChI=1S/C17H25N3O4S/c1-12-2-3-14(17(21)19-15(11-18)13-4-5-13)10-16(12)25(22,23)20-6-8-24-9-7-20/h2-3,10,13,15H,4-9,11,18H2,1H3,(H,19,21). The molecule has 25 heavy (non-hydrogen) atoms. The van der Waals surface area contributed by atoms with Crippen LogP contribution in [0.1, 0.15) is 28.8 Å². The molecule has 3 N–H and O–H groups in total. The van der Waals surface area contributed by atoms with Crippen LogP contribution in [0.4, 0.5) is 0 Å².